The molecule has 2 aromatic rings. The van der Waals surface area contributed by atoms with Crippen molar-refractivity contribution in [1.29, 1.82) is 0 Å². The van der Waals surface area contributed by atoms with Crippen LogP contribution in [-0.2, 0) is 32.1 Å². The van der Waals surface area contributed by atoms with E-state index in [1.165, 1.54) is 19.6 Å². The van der Waals surface area contributed by atoms with E-state index in [0.717, 1.165) is 5.56 Å². The first kappa shape index (κ1) is 20.9. The van der Waals surface area contributed by atoms with Crippen LogP contribution < -0.4 is 10.6 Å². The maximum atomic E-state index is 12.4. The second-order valence-corrected chi connectivity index (χ2v) is 5.81. The Morgan fingerprint density at radius 3 is 2.54 bits per heavy atom. The van der Waals surface area contributed by atoms with E-state index in [9.17, 15) is 19.5 Å². The smallest absolute Gasteiger partial charge is 0.408 e. The van der Waals surface area contributed by atoms with E-state index in [4.69, 9.17) is 4.74 Å². The molecule has 0 aliphatic carbocycles. The number of hydrogen-bond acceptors (Lipinski definition) is 7. The zero-order valence-corrected chi connectivity index (χ0v) is 15.3. The van der Waals surface area contributed by atoms with E-state index in [0.29, 0.717) is 5.69 Å². The van der Waals surface area contributed by atoms with Crippen LogP contribution in [0.5, 0.6) is 0 Å². The highest BCUT2D eigenvalue weighted by molar-refractivity contribution is 5.89. The standard InChI is InChI=1S/C18H22N4O6/c1-27-17(25)14(7-13-8-19-11-20-13)21-16(24)15(9-23)22-18(26)28-10-12-5-3-2-4-6-12/h2-6,8,11,14-15,23H,7,9-10H2,1H3,(H,19,20)(H,21,24)(H,22,26). The van der Waals surface area contributed by atoms with Crippen molar-refractivity contribution in [2.75, 3.05) is 13.7 Å². The number of hydrogen-bond donors (Lipinski definition) is 4. The van der Waals surface area contributed by atoms with Crippen LogP contribution in [0.4, 0.5) is 4.79 Å². The van der Waals surface area contributed by atoms with Gasteiger partial charge in [-0.3, -0.25) is 4.79 Å². The highest BCUT2D eigenvalue weighted by Crippen LogP contribution is 2.03. The molecule has 0 saturated heterocycles. The lowest BCUT2D eigenvalue weighted by Crippen LogP contribution is -2.54. The molecule has 28 heavy (non-hydrogen) atoms. The van der Waals surface area contributed by atoms with Gasteiger partial charge in [-0.1, -0.05) is 30.3 Å². The minimum atomic E-state index is -1.29. The summed E-state index contributed by atoms with van der Waals surface area (Å²) in [5.74, 6) is -1.43. The topological polar surface area (TPSA) is 143 Å². The molecule has 2 atom stereocenters. The third kappa shape index (κ3) is 6.40. The fraction of sp³-hybridized carbons (Fsp3) is 0.333. The lowest BCUT2D eigenvalue weighted by Gasteiger charge is -2.20. The maximum Gasteiger partial charge on any atom is 0.408 e. The number of aromatic amines is 1. The Morgan fingerprint density at radius 1 is 1.18 bits per heavy atom. The molecule has 10 heteroatoms. The fourth-order valence-corrected chi connectivity index (χ4v) is 2.33. The van der Waals surface area contributed by atoms with Gasteiger partial charge in [0.05, 0.1) is 20.0 Å². The van der Waals surface area contributed by atoms with E-state index < -0.39 is 36.7 Å². The summed E-state index contributed by atoms with van der Waals surface area (Å²) < 4.78 is 9.70. The molecule has 2 rings (SSSR count). The largest absolute Gasteiger partial charge is 0.467 e. The monoisotopic (exact) mass is 390 g/mol. The number of alkyl carbamates (subject to hydrolysis) is 1. The van der Waals surface area contributed by atoms with Gasteiger partial charge in [-0.15, -0.1) is 0 Å². The van der Waals surface area contributed by atoms with Crippen LogP contribution in [0.15, 0.2) is 42.9 Å². The summed E-state index contributed by atoms with van der Waals surface area (Å²) in [7, 11) is 1.19. The number of rotatable bonds is 9. The molecule has 0 radical (unpaired) electrons. The number of nitrogens with one attached hydrogen (secondary N) is 3. The van der Waals surface area contributed by atoms with Crippen molar-refractivity contribution in [3.63, 3.8) is 0 Å². The zero-order chi connectivity index (χ0) is 20.4. The Kier molecular flexibility index (Phi) is 7.97. The van der Waals surface area contributed by atoms with Gasteiger partial charge in [0.25, 0.3) is 0 Å². The number of aromatic nitrogens is 2. The van der Waals surface area contributed by atoms with Crippen LogP contribution in [-0.4, -0.2) is 58.8 Å². The molecule has 0 aliphatic rings. The first-order valence-electron chi connectivity index (χ1n) is 8.47. The predicted molar refractivity (Wildman–Crippen MR) is 96.9 cm³/mol. The molecule has 0 bridgehead atoms. The van der Waals surface area contributed by atoms with Gasteiger partial charge in [0.2, 0.25) is 5.91 Å². The molecule has 2 amide bonds. The molecule has 150 valence electrons. The minimum Gasteiger partial charge on any atom is -0.467 e. The molecule has 10 nitrogen and oxygen atoms in total. The molecule has 2 unspecified atom stereocenters. The van der Waals surface area contributed by atoms with Crippen molar-refractivity contribution in [3.05, 3.63) is 54.1 Å². The van der Waals surface area contributed by atoms with Crippen LogP contribution in [0.1, 0.15) is 11.3 Å². The van der Waals surface area contributed by atoms with Gasteiger partial charge in [0.15, 0.2) is 0 Å². The SMILES string of the molecule is COC(=O)C(Cc1cnc[nH]1)NC(=O)C(CO)NC(=O)OCc1ccccc1. The molecular formula is C18H22N4O6. The average molecular weight is 390 g/mol. The molecule has 0 fully saturated rings. The first-order chi connectivity index (χ1) is 13.5. The second-order valence-electron chi connectivity index (χ2n) is 5.81. The van der Waals surface area contributed by atoms with Gasteiger partial charge in [-0.2, -0.15) is 0 Å². The Balaban J connectivity index is 1.90. The van der Waals surface area contributed by atoms with E-state index in [1.807, 2.05) is 6.07 Å². The number of methoxy groups -OCH3 is 1. The van der Waals surface area contributed by atoms with Crippen molar-refractivity contribution in [3.8, 4) is 0 Å². The number of carbonyl (C=O) groups is 3. The van der Waals surface area contributed by atoms with Crippen molar-refractivity contribution in [2.45, 2.75) is 25.1 Å². The van der Waals surface area contributed by atoms with Gasteiger partial charge >= 0.3 is 12.1 Å². The number of amides is 2. The summed E-state index contributed by atoms with van der Waals surface area (Å²) in [6.07, 6.45) is 2.17. The summed E-state index contributed by atoms with van der Waals surface area (Å²) in [6, 6.07) is 6.67. The van der Waals surface area contributed by atoms with Crippen molar-refractivity contribution < 1.29 is 29.0 Å². The van der Waals surface area contributed by atoms with E-state index >= 15 is 0 Å². The van der Waals surface area contributed by atoms with Crippen LogP contribution in [0.2, 0.25) is 0 Å². The number of aliphatic hydroxyl groups is 1. The Bertz CT molecular complexity index is 766. The third-order valence-corrected chi connectivity index (χ3v) is 3.78. The van der Waals surface area contributed by atoms with Gasteiger partial charge < -0.3 is 30.2 Å². The summed E-state index contributed by atoms with van der Waals surface area (Å²) in [4.78, 5) is 42.8. The van der Waals surface area contributed by atoms with Crippen LogP contribution in [0.3, 0.4) is 0 Å². The molecule has 4 N–H and O–H groups in total. The van der Waals surface area contributed by atoms with E-state index in [1.54, 1.807) is 24.3 Å². The van der Waals surface area contributed by atoms with Crippen molar-refractivity contribution in [2.24, 2.45) is 0 Å². The Morgan fingerprint density at radius 2 is 1.93 bits per heavy atom. The minimum absolute atomic E-state index is 0.0110. The number of benzene rings is 1. The molecule has 0 spiro atoms. The fourth-order valence-electron chi connectivity index (χ4n) is 2.33. The lowest BCUT2D eigenvalue weighted by molar-refractivity contribution is -0.145. The summed E-state index contributed by atoms with van der Waals surface area (Å²) >= 11 is 0. The summed E-state index contributed by atoms with van der Waals surface area (Å²) in [5.41, 5.74) is 1.37. The number of nitrogens with zero attached hydrogens (tertiary/aromatic N) is 1. The molecule has 0 aliphatic heterocycles. The molecule has 1 aromatic carbocycles. The van der Waals surface area contributed by atoms with Crippen LogP contribution in [0, 0.1) is 0 Å². The Labute approximate surface area is 161 Å². The lowest BCUT2D eigenvalue weighted by atomic mass is 10.1. The highest BCUT2D eigenvalue weighted by Gasteiger charge is 2.27. The van der Waals surface area contributed by atoms with Gasteiger partial charge in [-0.05, 0) is 5.56 Å². The zero-order valence-electron chi connectivity index (χ0n) is 15.3. The number of imidazole rings is 1. The van der Waals surface area contributed by atoms with E-state index in [-0.39, 0.29) is 13.0 Å². The molecule has 1 heterocycles. The summed E-state index contributed by atoms with van der Waals surface area (Å²) in [5, 5.41) is 14.1. The summed E-state index contributed by atoms with van der Waals surface area (Å²) in [6.45, 7) is -0.665. The maximum absolute atomic E-state index is 12.4. The molecule has 0 saturated carbocycles. The Hall–Kier alpha value is -3.40. The van der Waals surface area contributed by atoms with Crippen molar-refractivity contribution >= 4 is 18.0 Å². The number of carbonyl (C=O) groups excluding carboxylic acids is 3. The highest BCUT2D eigenvalue weighted by atomic mass is 16.5. The normalized spacial score (nSPS) is 12.5. The number of esters is 1. The third-order valence-electron chi connectivity index (χ3n) is 3.78. The number of aliphatic hydroxyl groups excluding tert-OH is 1. The van der Waals surface area contributed by atoms with Gasteiger partial charge in [0.1, 0.15) is 18.7 Å². The van der Waals surface area contributed by atoms with Gasteiger partial charge in [-0.25, -0.2) is 14.6 Å². The quantitative estimate of drug-likeness (QED) is 0.438. The van der Waals surface area contributed by atoms with Crippen molar-refractivity contribution in [1.82, 2.24) is 20.6 Å². The molecule has 1 aromatic heterocycles. The van der Waals surface area contributed by atoms with Gasteiger partial charge in [0, 0.05) is 18.3 Å². The van der Waals surface area contributed by atoms with Crippen LogP contribution >= 0.6 is 0 Å². The first-order valence-corrected chi connectivity index (χ1v) is 8.47. The number of H-pyrrole nitrogens is 1. The van der Waals surface area contributed by atoms with E-state index in [2.05, 4.69) is 25.3 Å². The average Bonchev–Trinajstić information content (AvgIpc) is 3.23. The second kappa shape index (κ2) is 10.7. The predicted octanol–water partition coefficient (Wildman–Crippen LogP) is -0.103. The number of ether oxygens (including phenoxy) is 2. The van der Waals surface area contributed by atoms with Crippen LogP contribution in [0.25, 0.3) is 0 Å². The molecular weight excluding hydrogens is 368 g/mol.